The van der Waals surface area contributed by atoms with Gasteiger partial charge in [0.05, 0.1) is 6.26 Å². The second-order valence-electron chi connectivity index (χ2n) is 5.50. The van der Waals surface area contributed by atoms with Crippen LogP contribution in [0.2, 0.25) is 0 Å². The molecule has 2 heterocycles. The minimum absolute atomic E-state index is 0. The third-order valence-corrected chi connectivity index (χ3v) is 4.13. The van der Waals surface area contributed by atoms with Gasteiger partial charge in [-0.3, -0.25) is 9.89 Å². The van der Waals surface area contributed by atoms with Crippen LogP contribution in [-0.2, 0) is 0 Å². The van der Waals surface area contributed by atoms with E-state index in [0.717, 1.165) is 19.3 Å². The summed E-state index contributed by atoms with van der Waals surface area (Å²) in [5.74, 6) is 0.875. The van der Waals surface area contributed by atoms with Crippen LogP contribution in [0.4, 0.5) is 0 Å². The number of aromatic amines is 1. The predicted octanol–water partition coefficient (Wildman–Crippen LogP) is 2.34. The van der Waals surface area contributed by atoms with Gasteiger partial charge in [0.2, 0.25) is 0 Å². The van der Waals surface area contributed by atoms with Crippen molar-refractivity contribution in [3.63, 3.8) is 0 Å². The fraction of sp³-hybridized carbons (Fsp3) is 0.467. The van der Waals surface area contributed by atoms with Gasteiger partial charge >= 0.3 is 0 Å². The number of aromatic nitrogens is 2. The molecule has 2 aromatic heterocycles. The topological polar surface area (TPSA) is 96.9 Å². The molecule has 2 atom stereocenters. The van der Waals surface area contributed by atoms with Crippen LogP contribution in [0.15, 0.2) is 28.9 Å². The lowest BCUT2D eigenvalue weighted by Gasteiger charge is -2.31. The van der Waals surface area contributed by atoms with E-state index in [1.54, 1.807) is 18.4 Å². The van der Waals surface area contributed by atoms with Gasteiger partial charge in [0, 0.05) is 12.1 Å². The maximum Gasteiger partial charge on any atom is 0.272 e. The van der Waals surface area contributed by atoms with E-state index in [9.17, 15) is 4.79 Å². The Morgan fingerprint density at radius 2 is 2.27 bits per heavy atom. The molecule has 2 unspecified atom stereocenters. The number of carbonyl (C=O) groups is 1. The standard InChI is InChI=1S/C15H20N4O2.ClH/c16-9-10-4-1-2-5-11(10)17-15(20)13-8-12(18-19-13)14-6-3-7-21-14;/h3,6-8,10-11H,1-2,4-5,9,16H2,(H,17,20)(H,18,19);1H. The maximum absolute atomic E-state index is 12.3. The summed E-state index contributed by atoms with van der Waals surface area (Å²) in [7, 11) is 0. The lowest BCUT2D eigenvalue weighted by molar-refractivity contribution is 0.0903. The van der Waals surface area contributed by atoms with E-state index < -0.39 is 0 Å². The number of nitrogens with one attached hydrogen (secondary N) is 2. The van der Waals surface area contributed by atoms with Crippen molar-refractivity contribution in [2.45, 2.75) is 31.7 Å². The Labute approximate surface area is 135 Å². The van der Waals surface area contributed by atoms with E-state index in [4.69, 9.17) is 10.2 Å². The highest BCUT2D eigenvalue weighted by Crippen LogP contribution is 2.24. The number of furan rings is 1. The molecule has 7 heteroatoms. The number of halogens is 1. The molecule has 0 spiro atoms. The van der Waals surface area contributed by atoms with Gasteiger partial charge in [0.1, 0.15) is 5.69 Å². The van der Waals surface area contributed by atoms with Crippen molar-refractivity contribution in [2.75, 3.05) is 6.54 Å². The number of rotatable bonds is 4. The fourth-order valence-corrected chi connectivity index (χ4v) is 2.92. The van der Waals surface area contributed by atoms with Crippen molar-refractivity contribution in [1.29, 1.82) is 0 Å². The first-order valence-electron chi connectivity index (χ1n) is 7.38. The molecule has 22 heavy (non-hydrogen) atoms. The SMILES string of the molecule is Cl.NCC1CCCCC1NC(=O)c1cc(-c2ccco2)[nH]n1. The van der Waals surface area contributed by atoms with Gasteiger partial charge in [0.25, 0.3) is 5.91 Å². The summed E-state index contributed by atoms with van der Waals surface area (Å²) in [6, 6.07) is 5.47. The fourth-order valence-electron chi connectivity index (χ4n) is 2.92. The van der Waals surface area contributed by atoms with Gasteiger partial charge in [-0.15, -0.1) is 12.4 Å². The first kappa shape index (κ1) is 16.6. The molecule has 1 amide bonds. The average molecular weight is 325 g/mol. The summed E-state index contributed by atoms with van der Waals surface area (Å²) in [6.45, 7) is 0.614. The summed E-state index contributed by atoms with van der Waals surface area (Å²) >= 11 is 0. The molecule has 4 N–H and O–H groups in total. The van der Waals surface area contributed by atoms with Crippen LogP contribution >= 0.6 is 12.4 Å². The van der Waals surface area contributed by atoms with Crippen molar-refractivity contribution in [2.24, 2.45) is 11.7 Å². The first-order valence-corrected chi connectivity index (χ1v) is 7.38. The molecule has 3 rings (SSSR count). The van der Waals surface area contributed by atoms with Crippen molar-refractivity contribution in [3.05, 3.63) is 30.2 Å². The third kappa shape index (κ3) is 3.51. The van der Waals surface area contributed by atoms with Crippen LogP contribution in [0.25, 0.3) is 11.5 Å². The van der Waals surface area contributed by atoms with Crippen molar-refractivity contribution < 1.29 is 9.21 Å². The number of amides is 1. The molecule has 0 aliphatic heterocycles. The Morgan fingerprint density at radius 3 is 3.00 bits per heavy atom. The van der Waals surface area contributed by atoms with Crippen LogP contribution < -0.4 is 11.1 Å². The van der Waals surface area contributed by atoms with E-state index >= 15 is 0 Å². The molecule has 1 aliphatic carbocycles. The number of hydrogen-bond donors (Lipinski definition) is 3. The van der Waals surface area contributed by atoms with E-state index in [1.165, 1.54) is 6.42 Å². The summed E-state index contributed by atoms with van der Waals surface area (Å²) in [6.07, 6.45) is 5.99. The van der Waals surface area contributed by atoms with Crippen molar-refractivity contribution in [3.8, 4) is 11.5 Å². The lowest BCUT2D eigenvalue weighted by atomic mass is 9.84. The molecule has 0 bridgehead atoms. The van der Waals surface area contributed by atoms with Crippen LogP contribution in [0, 0.1) is 5.92 Å². The summed E-state index contributed by atoms with van der Waals surface area (Å²) in [5, 5.41) is 9.95. The zero-order chi connectivity index (χ0) is 14.7. The minimum Gasteiger partial charge on any atom is -0.463 e. The molecule has 0 saturated heterocycles. The van der Waals surface area contributed by atoms with E-state index in [2.05, 4.69) is 15.5 Å². The molecule has 2 aromatic rings. The molecule has 1 aliphatic rings. The van der Waals surface area contributed by atoms with Gasteiger partial charge in [-0.2, -0.15) is 5.10 Å². The van der Waals surface area contributed by atoms with Gasteiger partial charge < -0.3 is 15.5 Å². The smallest absolute Gasteiger partial charge is 0.272 e. The Bertz CT molecular complexity index is 596. The van der Waals surface area contributed by atoms with Gasteiger partial charge in [-0.25, -0.2) is 0 Å². The zero-order valence-electron chi connectivity index (χ0n) is 12.2. The second-order valence-corrected chi connectivity index (χ2v) is 5.50. The summed E-state index contributed by atoms with van der Waals surface area (Å²) in [4.78, 5) is 12.3. The van der Waals surface area contributed by atoms with Crippen LogP contribution in [-0.4, -0.2) is 28.7 Å². The van der Waals surface area contributed by atoms with Crippen molar-refractivity contribution in [1.82, 2.24) is 15.5 Å². The highest BCUT2D eigenvalue weighted by Gasteiger charge is 2.26. The Hall–Kier alpha value is -1.79. The Morgan fingerprint density at radius 1 is 1.45 bits per heavy atom. The molecule has 6 nitrogen and oxygen atoms in total. The van der Waals surface area contributed by atoms with Crippen LogP contribution in [0.5, 0.6) is 0 Å². The second kappa shape index (κ2) is 7.47. The summed E-state index contributed by atoms with van der Waals surface area (Å²) < 4.78 is 5.28. The molecule has 1 saturated carbocycles. The average Bonchev–Trinajstić information content (AvgIpc) is 3.18. The molecule has 1 fully saturated rings. The third-order valence-electron chi connectivity index (χ3n) is 4.13. The molecular formula is C15H21ClN4O2. The number of nitrogens with zero attached hydrogens (tertiary/aromatic N) is 1. The number of carbonyl (C=O) groups excluding carboxylic acids is 1. The molecular weight excluding hydrogens is 304 g/mol. The zero-order valence-corrected chi connectivity index (χ0v) is 13.1. The minimum atomic E-state index is -0.158. The number of H-pyrrole nitrogens is 1. The Kier molecular flexibility index (Phi) is 5.63. The monoisotopic (exact) mass is 324 g/mol. The normalized spacial score (nSPS) is 21.1. The maximum atomic E-state index is 12.3. The van der Waals surface area contributed by atoms with Crippen LogP contribution in [0.3, 0.4) is 0 Å². The Balaban J connectivity index is 0.00000176. The van der Waals surface area contributed by atoms with E-state index in [0.29, 0.717) is 29.6 Å². The van der Waals surface area contributed by atoms with E-state index in [-0.39, 0.29) is 24.4 Å². The number of nitrogens with two attached hydrogens (primary N) is 1. The van der Waals surface area contributed by atoms with Gasteiger partial charge in [-0.05, 0) is 37.4 Å². The molecule has 120 valence electrons. The van der Waals surface area contributed by atoms with Crippen molar-refractivity contribution >= 4 is 18.3 Å². The predicted molar refractivity (Wildman–Crippen MR) is 85.8 cm³/mol. The quantitative estimate of drug-likeness (QED) is 0.804. The van der Waals surface area contributed by atoms with Gasteiger partial charge in [-0.1, -0.05) is 12.8 Å². The number of hydrogen-bond acceptors (Lipinski definition) is 4. The lowest BCUT2D eigenvalue weighted by Crippen LogP contribution is -2.44. The van der Waals surface area contributed by atoms with E-state index in [1.807, 2.05) is 6.07 Å². The highest BCUT2D eigenvalue weighted by molar-refractivity contribution is 5.93. The molecule has 0 aromatic carbocycles. The highest BCUT2D eigenvalue weighted by atomic mass is 35.5. The summed E-state index contributed by atoms with van der Waals surface area (Å²) in [5.41, 5.74) is 6.87. The first-order chi connectivity index (χ1) is 10.3. The largest absolute Gasteiger partial charge is 0.463 e. The molecule has 0 radical (unpaired) electrons. The van der Waals surface area contributed by atoms with Crippen LogP contribution in [0.1, 0.15) is 36.2 Å². The van der Waals surface area contributed by atoms with Gasteiger partial charge in [0.15, 0.2) is 11.5 Å².